The van der Waals surface area contributed by atoms with Crippen molar-refractivity contribution in [2.24, 2.45) is 21.8 Å². The van der Waals surface area contributed by atoms with E-state index < -0.39 is 0 Å². The molecule has 0 aromatic rings. The highest BCUT2D eigenvalue weighted by Gasteiger charge is 2.34. The molecular formula is C12H12N2. The molecule has 2 heteroatoms. The zero-order valence-electron chi connectivity index (χ0n) is 7.82. The van der Waals surface area contributed by atoms with Crippen LogP contribution in [0.25, 0.3) is 0 Å². The number of hydrogen-bond acceptors (Lipinski definition) is 2. The molecule has 2 aliphatic heterocycles. The van der Waals surface area contributed by atoms with Crippen molar-refractivity contribution in [2.75, 3.05) is 0 Å². The van der Waals surface area contributed by atoms with Gasteiger partial charge in [0.2, 0.25) is 0 Å². The van der Waals surface area contributed by atoms with Gasteiger partial charge in [0.15, 0.2) is 0 Å². The number of fused-ring (bicyclic) bond motifs is 3. The Morgan fingerprint density at radius 3 is 1.64 bits per heavy atom. The maximum atomic E-state index is 4.53. The van der Waals surface area contributed by atoms with Gasteiger partial charge in [-0.2, -0.15) is 0 Å². The highest BCUT2D eigenvalue weighted by Crippen LogP contribution is 2.32. The van der Waals surface area contributed by atoms with Crippen LogP contribution in [0, 0.1) is 11.8 Å². The fourth-order valence-electron chi connectivity index (χ4n) is 2.32. The third kappa shape index (κ3) is 1.10. The Morgan fingerprint density at radius 1 is 0.643 bits per heavy atom. The molecule has 0 amide bonds. The van der Waals surface area contributed by atoms with E-state index in [1.54, 1.807) is 0 Å². The zero-order valence-corrected chi connectivity index (χ0v) is 7.82. The van der Waals surface area contributed by atoms with Crippen molar-refractivity contribution in [1.29, 1.82) is 0 Å². The zero-order chi connectivity index (χ0) is 9.38. The van der Waals surface area contributed by atoms with E-state index in [0.29, 0.717) is 23.9 Å². The molecule has 0 fully saturated rings. The number of aliphatic imine (C=N–C) groups is 2. The Balaban J connectivity index is 1.99. The highest BCUT2D eigenvalue weighted by molar-refractivity contribution is 5.74. The summed E-state index contributed by atoms with van der Waals surface area (Å²) in [6.07, 6.45) is 16.8. The first kappa shape index (κ1) is 7.92. The Hall–Kier alpha value is -1.44. The van der Waals surface area contributed by atoms with Gasteiger partial charge in [-0.15, -0.1) is 0 Å². The SMILES string of the molecule is C1=CC2C=CC3C=CC=NC3C2N=C1. The number of nitrogens with zero attached hydrogens (tertiary/aromatic N) is 2. The molecule has 0 saturated carbocycles. The van der Waals surface area contributed by atoms with Gasteiger partial charge in [0.05, 0.1) is 12.1 Å². The highest BCUT2D eigenvalue weighted by atomic mass is 14.9. The van der Waals surface area contributed by atoms with Crippen LogP contribution in [0.3, 0.4) is 0 Å². The molecule has 70 valence electrons. The van der Waals surface area contributed by atoms with Gasteiger partial charge in [-0.1, -0.05) is 24.3 Å². The Morgan fingerprint density at radius 2 is 1.14 bits per heavy atom. The lowest BCUT2D eigenvalue weighted by Crippen LogP contribution is -2.39. The van der Waals surface area contributed by atoms with Gasteiger partial charge in [-0.3, -0.25) is 9.98 Å². The molecule has 2 nitrogen and oxygen atoms in total. The van der Waals surface area contributed by atoms with Crippen LogP contribution in [0.5, 0.6) is 0 Å². The third-order valence-corrected chi connectivity index (χ3v) is 3.05. The van der Waals surface area contributed by atoms with Crippen molar-refractivity contribution in [3.63, 3.8) is 0 Å². The average molecular weight is 184 g/mol. The summed E-state index contributed by atoms with van der Waals surface area (Å²) >= 11 is 0. The Labute approximate surface area is 83.5 Å². The van der Waals surface area contributed by atoms with Crippen LogP contribution in [0.1, 0.15) is 0 Å². The van der Waals surface area contributed by atoms with Gasteiger partial charge < -0.3 is 0 Å². The average Bonchev–Trinajstić information content (AvgIpc) is 2.29. The first-order valence-corrected chi connectivity index (χ1v) is 5.03. The quantitative estimate of drug-likeness (QED) is 0.513. The normalized spacial score (nSPS) is 42.3. The first-order chi connectivity index (χ1) is 6.95. The molecule has 14 heavy (non-hydrogen) atoms. The van der Waals surface area contributed by atoms with E-state index in [2.05, 4.69) is 34.3 Å². The van der Waals surface area contributed by atoms with Crippen LogP contribution in [-0.2, 0) is 0 Å². The van der Waals surface area contributed by atoms with E-state index in [-0.39, 0.29) is 0 Å². The second-order valence-electron chi connectivity index (χ2n) is 3.89. The van der Waals surface area contributed by atoms with Gasteiger partial charge in [-0.25, -0.2) is 0 Å². The molecule has 0 saturated heterocycles. The van der Waals surface area contributed by atoms with E-state index in [1.165, 1.54) is 0 Å². The van der Waals surface area contributed by atoms with Gasteiger partial charge in [0.25, 0.3) is 0 Å². The molecule has 0 N–H and O–H groups in total. The third-order valence-electron chi connectivity index (χ3n) is 3.05. The molecule has 0 aromatic carbocycles. The monoisotopic (exact) mass is 184 g/mol. The standard InChI is InChI=1S/C12H12N2/c1-3-9-5-6-10-4-2-8-14-12(10)11(9)13-7-1/h1-12H. The molecular weight excluding hydrogens is 172 g/mol. The molecule has 0 radical (unpaired) electrons. The van der Waals surface area contributed by atoms with E-state index in [4.69, 9.17) is 0 Å². The number of allylic oxidation sites excluding steroid dienone is 2. The van der Waals surface area contributed by atoms with Crippen molar-refractivity contribution in [2.45, 2.75) is 12.1 Å². The van der Waals surface area contributed by atoms with Gasteiger partial charge in [0, 0.05) is 24.3 Å². The lowest BCUT2D eigenvalue weighted by molar-refractivity contribution is 0.408. The second kappa shape index (κ2) is 3.05. The molecule has 2 heterocycles. The van der Waals surface area contributed by atoms with E-state index in [9.17, 15) is 0 Å². The summed E-state index contributed by atoms with van der Waals surface area (Å²) < 4.78 is 0. The molecule has 4 atom stereocenters. The van der Waals surface area contributed by atoms with Gasteiger partial charge in [-0.05, 0) is 12.2 Å². The van der Waals surface area contributed by atoms with Crippen molar-refractivity contribution in [3.05, 3.63) is 36.5 Å². The topological polar surface area (TPSA) is 24.7 Å². The minimum Gasteiger partial charge on any atom is -0.287 e. The lowest BCUT2D eigenvalue weighted by Gasteiger charge is -2.34. The minimum absolute atomic E-state index is 0.316. The smallest absolute Gasteiger partial charge is 0.0828 e. The van der Waals surface area contributed by atoms with Crippen molar-refractivity contribution < 1.29 is 0 Å². The maximum Gasteiger partial charge on any atom is 0.0828 e. The molecule has 3 aliphatic rings. The summed E-state index contributed by atoms with van der Waals surface area (Å²) in [6, 6.07) is 0.632. The number of dihydropyridines is 2. The summed E-state index contributed by atoms with van der Waals surface area (Å²) in [6.45, 7) is 0. The number of rotatable bonds is 0. The van der Waals surface area contributed by atoms with Crippen LogP contribution in [0.15, 0.2) is 46.4 Å². The summed E-state index contributed by atoms with van der Waals surface area (Å²) in [5.74, 6) is 0.898. The van der Waals surface area contributed by atoms with Crippen molar-refractivity contribution >= 4 is 12.4 Å². The lowest BCUT2D eigenvalue weighted by atomic mass is 9.78. The Kier molecular flexibility index (Phi) is 1.72. The Bertz CT molecular complexity index is 338. The minimum atomic E-state index is 0.316. The van der Waals surface area contributed by atoms with Gasteiger partial charge >= 0.3 is 0 Å². The van der Waals surface area contributed by atoms with Crippen LogP contribution in [0.4, 0.5) is 0 Å². The van der Waals surface area contributed by atoms with Crippen LogP contribution in [0.2, 0.25) is 0 Å². The van der Waals surface area contributed by atoms with Crippen molar-refractivity contribution in [1.82, 2.24) is 0 Å². The van der Waals surface area contributed by atoms with Crippen LogP contribution in [-0.4, -0.2) is 24.5 Å². The molecule has 4 unspecified atom stereocenters. The molecule has 0 bridgehead atoms. The van der Waals surface area contributed by atoms with Crippen LogP contribution < -0.4 is 0 Å². The first-order valence-electron chi connectivity index (χ1n) is 5.03. The van der Waals surface area contributed by atoms with Gasteiger partial charge in [0.1, 0.15) is 0 Å². The summed E-state index contributed by atoms with van der Waals surface area (Å²) in [5.41, 5.74) is 0. The molecule has 1 aliphatic carbocycles. The summed E-state index contributed by atoms with van der Waals surface area (Å²) in [7, 11) is 0. The molecule has 3 rings (SSSR count). The fourth-order valence-corrected chi connectivity index (χ4v) is 2.32. The van der Waals surface area contributed by atoms with Crippen molar-refractivity contribution in [3.8, 4) is 0 Å². The maximum absolute atomic E-state index is 4.53. The molecule has 0 aromatic heterocycles. The predicted octanol–water partition coefficient (Wildman–Crippen LogP) is 1.81. The summed E-state index contributed by atoms with van der Waals surface area (Å²) in [5, 5.41) is 0. The van der Waals surface area contributed by atoms with E-state index in [1.807, 2.05) is 24.6 Å². The fraction of sp³-hybridized carbons (Fsp3) is 0.333. The number of hydrogen-bond donors (Lipinski definition) is 0. The molecule has 0 spiro atoms. The second-order valence-corrected chi connectivity index (χ2v) is 3.89. The summed E-state index contributed by atoms with van der Waals surface area (Å²) in [4.78, 5) is 9.05. The van der Waals surface area contributed by atoms with E-state index in [0.717, 1.165) is 0 Å². The van der Waals surface area contributed by atoms with Crippen LogP contribution >= 0.6 is 0 Å². The largest absolute Gasteiger partial charge is 0.287 e. The van der Waals surface area contributed by atoms with E-state index >= 15 is 0 Å². The predicted molar refractivity (Wildman–Crippen MR) is 59.0 cm³/mol.